The summed E-state index contributed by atoms with van der Waals surface area (Å²) in [6.07, 6.45) is 3.52. The second-order valence-electron chi connectivity index (χ2n) is 3.04. The zero-order valence-electron chi connectivity index (χ0n) is 7.22. The molecule has 1 saturated heterocycles. The fraction of sp³-hybridized carbons (Fsp3) is 0.750. The van der Waals surface area contributed by atoms with Crippen molar-refractivity contribution in [2.75, 3.05) is 6.54 Å². The second-order valence-corrected chi connectivity index (χ2v) is 4.09. The van der Waals surface area contributed by atoms with Crippen LogP contribution in [0.4, 0.5) is 0 Å². The van der Waals surface area contributed by atoms with E-state index in [9.17, 15) is 0 Å². The van der Waals surface area contributed by atoms with Gasteiger partial charge in [0.15, 0.2) is 0 Å². The van der Waals surface area contributed by atoms with Crippen molar-refractivity contribution in [1.82, 2.24) is 10.6 Å². The first-order valence-corrected chi connectivity index (χ1v) is 5.06. The van der Waals surface area contributed by atoms with Gasteiger partial charge in [-0.05, 0) is 26.2 Å². The number of rotatable bonds is 1. The average Bonchev–Trinajstić information content (AvgIpc) is 2.16. The van der Waals surface area contributed by atoms with E-state index in [0.29, 0.717) is 0 Å². The van der Waals surface area contributed by atoms with Gasteiger partial charge in [0, 0.05) is 6.54 Å². The van der Waals surface area contributed by atoms with Gasteiger partial charge in [0.05, 0.1) is 16.0 Å². The molecule has 1 rings (SSSR count). The molecule has 0 aromatic carbocycles. The van der Waals surface area contributed by atoms with E-state index in [2.05, 4.69) is 10.6 Å². The molecule has 1 unspecified atom stereocenters. The summed E-state index contributed by atoms with van der Waals surface area (Å²) >= 11 is 10.2. The van der Waals surface area contributed by atoms with Crippen molar-refractivity contribution in [1.29, 1.82) is 0 Å². The van der Waals surface area contributed by atoms with Gasteiger partial charge in [-0.3, -0.25) is 0 Å². The lowest BCUT2D eigenvalue weighted by Gasteiger charge is -2.17. The van der Waals surface area contributed by atoms with Gasteiger partial charge in [-0.15, -0.1) is 0 Å². The van der Waals surface area contributed by atoms with Gasteiger partial charge in [-0.1, -0.05) is 24.4 Å². The molecule has 4 heteroatoms. The minimum Gasteiger partial charge on any atom is -0.378 e. The van der Waals surface area contributed by atoms with E-state index < -0.39 is 0 Å². The summed E-state index contributed by atoms with van der Waals surface area (Å²) in [5, 5.41) is 6.41. The number of hydrogen-bond donors (Lipinski definition) is 2. The van der Waals surface area contributed by atoms with Crippen molar-refractivity contribution >= 4 is 34.4 Å². The SMILES string of the molecule is CC(=S)NC1CCCCNC1=S. The fourth-order valence-corrected chi connectivity index (χ4v) is 1.74. The molecule has 0 spiro atoms. The highest BCUT2D eigenvalue weighted by molar-refractivity contribution is 7.80. The third-order valence-corrected chi connectivity index (χ3v) is 2.46. The maximum absolute atomic E-state index is 5.20. The van der Waals surface area contributed by atoms with E-state index in [1.165, 1.54) is 12.8 Å². The van der Waals surface area contributed by atoms with Crippen LogP contribution in [0.1, 0.15) is 26.2 Å². The van der Waals surface area contributed by atoms with Gasteiger partial charge in [-0.25, -0.2) is 0 Å². The maximum atomic E-state index is 5.20. The van der Waals surface area contributed by atoms with Crippen molar-refractivity contribution < 1.29 is 0 Å². The van der Waals surface area contributed by atoms with E-state index in [4.69, 9.17) is 24.4 Å². The molecule has 1 heterocycles. The molecule has 0 aromatic rings. The average molecular weight is 202 g/mol. The normalized spacial score (nSPS) is 24.1. The molecule has 2 N–H and O–H groups in total. The van der Waals surface area contributed by atoms with Gasteiger partial charge in [0.1, 0.15) is 0 Å². The third kappa shape index (κ3) is 3.03. The summed E-state index contributed by atoms with van der Waals surface area (Å²) in [6, 6.07) is 0.264. The summed E-state index contributed by atoms with van der Waals surface area (Å²) in [5.74, 6) is 0. The van der Waals surface area contributed by atoms with E-state index in [1.807, 2.05) is 6.92 Å². The van der Waals surface area contributed by atoms with Crippen molar-refractivity contribution in [2.45, 2.75) is 32.2 Å². The van der Waals surface area contributed by atoms with Gasteiger partial charge in [-0.2, -0.15) is 0 Å². The molecule has 2 nitrogen and oxygen atoms in total. The van der Waals surface area contributed by atoms with Gasteiger partial charge in [0.25, 0.3) is 0 Å². The molecule has 1 atom stereocenters. The smallest absolute Gasteiger partial charge is 0.0979 e. The molecule has 1 fully saturated rings. The Bertz CT molecular complexity index is 191. The van der Waals surface area contributed by atoms with Crippen LogP contribution in [0.15, 0.2) is 0 Å². The molecule has 0 bridgehead atoms. The van der Waals surface area contributed by atoms with Crippen molar-refractivity contribution in [2.24, 2.45) is 0 Å². The van der Waals surface area contributed by atoms with Crippen LogP contribution in [-0.4, -0.2) is 22.6 Å². The van der Waals surface area contributed by atoms with E-state index in [-0.39, 0.29) is 6.04 Å². The fourth-order valence-electron chi connectivity index (χ4n) is 1.32. The maximum Gasteiger partial charge on any atom is 0.0979 e. The van der Waals surface area contributed by atoms with E-state index >= 15 is 0 Å². The van der Waals surface area contributed by atoms with Crippen LogP contribution in [0.5, 0.6) is 0 Å². The predicted molar refractivity (Wildman–Crippen MR) is 59.6 cm³/mol. The van der Waals surface area contributed by atoms with Gasteiger partial charge < -0.3 is 10.6 Å². The molecule has 0 radical (unpaired) electrons. The lowest BCUT2D eigenvalue weighted by Crippen LogP contribution is -2.43. The molecule has 0 saturated carbocycles. The molecule has 0 amide bonds. The number of hydrogen-bond acceptors (Lipinski definition) is 2. The van der Waals surface area contributed by atoms with Crippen LogP contribution >= 0.6 is 24.4 Å². The highest BCUT2D eigenvalue weighted by Gasteiger charge is 2.16. The Morgan fingerprint density at radius 1 is 1.58 bits per heavy atom. The minimum atomic E-state index is 0.264. The van der Waals surface area contributed by atoms with Gasteiger partial charge in [0.2, 0.25) is 0 Å². The van der Waals surface area contributed by atoms with Crippen LogP contribution in [0.3, 0.4) is 0 Å². The Morgan fingerprint density at radius 3 is 3.00 bits per heavy atom. The van der Waals surface area contributed by atoms with Crippen LogP contribution < -0.4 is 10.6 Å². The largest absolute Gasteiger partial charge is 0.378 e. The monoisotopic (exact) mass is 202 g/mol. The van der Waals surface area contributed by atoms with Crippen molar-refractivity contribution in [3.8, 4) is 0 Å². The zero-order valence-corrected chi connectivity index (χ0v) is 8.86. The van der Waals surface area contributed by atoms with E-state index in [0.717, 1.165) is 22.9 Å². The van der Waals surface area contributed by atoms with Crippen LogP contribution in [0.2, 0.25) is 0 Å². The molecule has 68 valence electrons. The summed E-state index contributed by atoms with van der Waals surface area (Å²) in [7, 11) is 0. The summed E-state index contributed by atoms with van der Waals surface area (Å²) in [4.78, 5) is 1.74. The molecule has 1 aliphatic heterocycles. The highest BCUT2D eigenvalue weighted by atomic mass is 32.1. The Kier molecular flexibility index (Phi) is 3.88. The quantitative estimate of drug-likeness (QED) is 0.628. The van der Waals surface area contributed by atoms with Crippen LogP contribution in [0.25, 0.3) is 0 Å². The molecule has 1 aliphatic rings. The second kappa shape index (κ2) is 4.72. The Balaban J connectivity index is 2.47. The first kappa shape index (κ1) is 9.86. The molecular formula is C8H14N2S2. The lowest BCUT2D eigenvalue weighted by atomic mass is 10.1. The minimum absolute atomic E-state index is 0.264. The first-order valence-electron chi connectivity index (χ1n) is 4.25. The topological polar surface area (TPSA) is 24.1 Å². The number of nitrogens with one attached hydrogen (secondary N) is 2. The highest BCUT2D eigenvalue weighted by Crippen LogP contribution is 2.06. The summed E-state index contributed by atoms with van der Waals surface area (Å²) in [5.41, 5.74) is 0. The Labute approximate surface area is 84.1 Å². The van der Waals surface area contributed by atoms with E-state index in [1.54, 1.807) is 0 Å². The lowest BCUT2D eigenvalue weighted by molar-refractivity contribution is 0.651. The standard InChI is InChI=1S/C8H14N2S2/c1-6(11)10-7-4-2-3-5-9-8(7)12/h7H,2-5H2,1H3,(H,9,12)(H,10,11). The van der Waals surface area contributed by atoms with Crippen molar-refractivity contribution in [3.05, 3.63) is 0 Å². The van der Waals surface area contributed by atoms with Crippen molar-refractivity contribution in [3.63, 3.8) is 0 Å². The molecule has 0 aromatic heterocycles. The molecular weight excluding hydrogens is 188 g/mol. The Hall–Kier alpha value is -0.220. The van der Waals surface area contributed by atoms with Crippen LogP contribution in [-0.2, 0) is 0 Å². The zero-order chi connectivity index (χ0) is 8.97. The third-order valence-electron chi connectivity index (χ3n) is 1.91. The van der Waals surface area contributed by atoms with Gasteiger partial charge >= 0.3 is 0 Å². The summed E-state index contributed by atoms with van der Waals surface area (Å²) in [6.45, 7) is 2.90. The first-order chi connectivity index (χ1) is 5.70. The van der Waals surface area contributed by atoms with Crippen LogP contribution in [0, 0.1) is 0 Å². The number of thiocarbonyl (C=S) groups is 2. The predicted octanol–water partition coefficient (Wildman–Crippen LogP) is 1.39. The summed E-state index contributed by atoms with van der Waals surface area (Å²) < 4.78 is 0. The Morgan fingerprint density at radius 2 is 2.33 bits per heavy atom. The molecule has 0 aliphatic carbocycles. The molecule has 12 heavy (non-hydrogen) atoms.